The first-order chi connectivity index (χ1) is 15.9. The van der Waals surface area contributed by atoms with Crippen molar-refractivity contribution in [1.82, 2.24) is 14.4 Å². The molecule has 0 saturated carbocycles. The largest absolute Gasteiger partial charge is 0.507 e. The van der Waals surface area contributed by atoms with Gasteiger partial charge >= 0.3 is 0 Å². The SMILES string of the molecule is COc1ccc(Cn2c(C)cc(O)c(C(c3cccc(Cl)c3)N3CCN(C)CC3)c2=O)cc1. The summed E-state index contributed by atoms with van der Waals surface area (Å²) in [4.78, 5) is 18.4. The number of aromatic nitrogens is 1. The summed E-state index contributed by atoms with van der Waals surface area (Å²) in [5.74, 6) is 0.790. The van der Waals surface area contributed by atoms with E-state index in [4.69, 9.17) is 16.3 Å². The van der Waals surface area contributed by atoms with E-state index in [1.54, 1.807) is 17.7 Å². The standard InChI is InChI=1S/C26H30ClN3O3/c1-18-15-23(31)24(26(32)30(18)17-19-7-9-22(33-3)10-8-19)25(20-5-4-6-21(27)16-20)29-13-11-28(2)12-14-29/h4-10,15-16,25,31H,11-14,17H2,1-3H3. The van der Waals surface area contributed by atoms with Crippen molar-refractivity contribution in [3.05, 3.63) is 92.4 Å². The number of ether oxygens (including phenoxy) is 1. The maximum atomic E-state index is 13.9. The molecule has 0 spiro atoms. The highest BCUT2D eigenvalue weighted by Crippen LogP contribution is 2.34. The van der Waals surface area contributed by atoms with Crippen LogP contribution in [0.4, 0.5) is 0 Å². The van der Waals surface area contributed by atoms with Crippen LogP contribution in [0.25, 0.3) is 0 Å². The lowest BCUT2D eigenvalue weighted by atomic mass is 9.96. The molecule has 1 N–H and O–H groups in total. The van der Waals surface area contributed by atoms with Crippen LogP contribution >= 0.6 is 11.6 Å². The Hall–Kier alpha value is -2.80. The molecule has 1 aliphatic heterocycles. The number of nitrogens with zero attached hydrogens (tertiary/aromatic N) is 3. The lowest BCUT2D eigenvalue weighted by molar-refractivity contribution is 0.125. The van der Waals surface area contributed by atoms with Crippen LogP contribution in [0.2, 0.25) is 5.02 Å². The normalized spacial score (nSPS) is 16.0. The van der Waals surface area contributed by atoms with Crippen LogP contribution < -0.4 is 10.3 Å². The summed E-state index contributed by atoms with van der Waals surface area (Å²) in [6, 6.07) is 16.6. The number of hydrogen-bond donors (Lipinski definition) is 1. The molecule has 2 heterocycles. The van der Waals surface area contributed by atoms with E-state index in [1.165, 1.54) is 0 Å². The number of halogens is 1. The van der Waals surface area contributed by atoms with Gasteiger partial charge in [0.1, 0.15) is 11.5 Å². The van der Waals surface area contributed by atoms with Gasteiger partial charge in [-0.15, -0.1) is 0 Å². The highest BCUT2D eigenvalue weighted by molar-refractivity contribution is 6.30. The van der Waals surface area contributed by atoms with E-state index in [9.17, 15) is 9.90 Å². The molecule has 174 valence electrons. The van der Waals surface area contributed by atoms with Gasteiger partial charge in [0.25, 0.3) is 5.56 Å². The number of benzene rings is 2. The third-order valence-corrected chi connectivity index (χ3v) is 6.60. The third kappa shape index (κ3) is 5.08. The van der Waals surface area contributed by atoms with Crippen LogP contribution in [-0.4, -0.2) is 59.8 Å². The summed E-state index contributed by atoms with van der Waals surface area (Å²) in [5, 5.41) is 11.6. The van der Waals surface area contributed by atoms with Gasteiger partial charge in [-0.2, -0.15) is 0 Å². The molecule has 3 aromatic rings. The van der Waals surface area contributed by atoms with Crippen molar-refractivity contribution in [2.24, 2.45) is 0 Å². The fourth-order valence-electron chi connectivity index (χ4n) is 4.45. The lowest BCUT2D eigenvalue weighted by Gasteiger charge is -2.38. The van der Waals surface area contributed by atoms with Crippen molar-refractivity contribution in [2.45, 2.75) is 19.5 Å². The molecule has 6 nitrogen and oxygen atoms in total. The van der Waals surface area contributed by atoms with E-state index in [0.29, 0.717) is 22.8 Å². The molecule has 2 aromatic carbocycles. The van der Waals surface area contributed by atoms with Crippen LogP contribution in [0.5, 0.6) is 11.5 Å². The number of methoxy groups -OCH3 is 1. The molecule has 1 aliphatic rings. The molecule has 0 radical (unpaired) electrons. The van der Waals surface area contributed by atoms with Crippen molar-refractivity contribution in [3.8, 4) is 11.5 Å². The predicted molar refractivity (Wildman–Crippen MR) is 132 cm³/mol. The van der Waals surface area contributed by atoms with Gasteiger partial charge in [0.05, 0.1) is 25.3 Å². The fraction of sp³-hybridized carbons (Fsp3) is 0.346. The van der Waals surface area contributed by atoms with Gasteiger partial charge in [-0.1, -0.05) is 35.9 Å². The monoisotopic (exact) mass is 467 g/mol. The molecular weight excluding hydrogens is 438 g/mol. The zero-order chi connectivity index (χ0) is 23.5. The van der Waals surface area contributed by atoms with Crippen molar-refractivity contribution in [2.75, 3.05) is 40.3 Å². The third-order valence-electron chi connectivity index (χ3n) is 6.36. The molecule has 7 heteroatoms. The Morgan fingerprint density at radius 2 is 1.76 bits per heavy atom. The van der Waals surface area contributed by atoms with Crippen molar-refractivity contribution < 1.29 is 9.84 Å². The Kier molecular flexibility index (Phi) is 7.08. The molecular formula is C26H30ClN3O3. The molecule has 1 atom stereocenters. The van der Waals surface area contributed by atoms with Gasteiger partial charge in [0, 0.05) is 36.9 Å². The topological polar surface area (TPSA) is 57.9 Å². The molecule has 1 aromatic heterocycles. The Morgan fingerprint density at radius 3 is 2.39 bits per heavy atom. The summed E-state index contributed by atoms with van der Waals surface area (Å²) in [7, 11) is 3.72. The Balaban J connectivity index is 1.80. The van der Waals surface area contributed by atoms with Crippen LogP contribution in [0, 0.1) is 6.92 Å². The zero-order valence-electron chi connectivity index (χ0n) is 19.3. The number of likely N-dealkylation sites (N-methyl/N-ethyl adjacent to an activating group) is 1. The van der Waals surface area contributed by atoms with Crippen molar-refractivity contribution >= 4 is 11.6 Å². The average Bonchev–Trinajstić information content (AvgIpc) is 2.80. The minimum Gasteiger partial charge on any atom is -0.507 e. The van der Waals surface area contributed by atoms with Crippen LogP contribution in [0.15, 0.2) is 59.4 Å². The molecule has 0 aliphatic carbocycles. The maximum Gasteiger partial charge on any atom is 0.259 e. The maximum absolute atomic E-state index is 13.9. The average molecular weight is 468 g/mol. The van der Waals surface area contributed by atoms with Crippen LogP contribution in [0.1, 0.15) is 28.4 Å². The number of pyridine rings is 1. The van der Waals surface area contributed by atoms with E-state index in [1.807, 2.05) is 55.5 Å². The molecule has 1 unspecified atom stereocenters. The van der Waals surface area contributed by atoms with Crippen LogP contribution in [0.3, 0.4) is 0 Å². The Morgan fingerprint density at radius 1 is 1.06 bits per heavy atom. The van der Waals surface area contributed by atoms with E-state index >= 15 is 0 Å². The Labute approximate surface area is 199 Å². The molecule has 33 heavy (non-hydrogen) atoms. The quantitative estimate of drug-likeness (QED) is 0.595. The van der Waals surface area contributed by atoms with Crippen molar-refractivity contribution in [1.29, 1.82) is 0 Å². The lowest BCUT2D eigenvalue weighted by Crippen LogP contribution is -2.47. The molecule has 1 fully saturated rings. The summed E-state index contributed by atoms with van der Waals surface area (Å²) in [5.41, 5.74) is 2.80. The second kappa shape index (κ2) is 10.00. The first-order valence-corrected chi connectivity index (χ1v) is 11.5. The second-order valence-electron chi connectivity index (χ2n) is 8.62. The van der Waals surface area contributed by atoms with E-state index in [2.05, 4.69) is 16.8 Å². The van der Waals surface area contributed by atoms with Gasteiger partial charge in [0.2, 0.25) is 0 Å². The number of piperazine rings is 1. The van der Waals surface area contributed by atoms with E-state index in [-0.39, 0.29) is 17.4 Å². The van der Waals surface area contributed by atoms with Gasteiger partial charge in [0.15, 0.2) is 0 Å². The summed E-state index contributed by atoms with van der Waals surface area (Å²) < 4.78 is 6.97. The second-order valence-corrected chi connectivity index (χ2v) is 9.06. The molecule has 0 bridgehead atoms. The van der Waals surface area contributed by atoms with Gasteiger partial charge < -0.3 is 19.3 Å². The van der Waals surface area contributed by atoms with Gasteiger partial charge in [-0.3, -0.25) is 9.69 Å². The first kappa shape index (κ1) is 23.4. The minimum atomic E-state index is -0.382. The molecule has 0 amide bonds. The predicted octanol–water partition coefficient (Wildman–Crippen LogP) is 3.91. The number of rotatable bonds is 6. The van der Waals surface area contributed by atoms with Gasteiger partial charge in [-0.25, -0.2) is 0 Å². The number of hydrogen-bond acceptors (Lipinski definition) is 5. The summed E-state index contributed by atoms with van der Waals surface area (Å²) in [6.45, 7) is 5.62. The molecule has 4 rings (SSSR count). The molecule has 1 saturated heterocycles. The Bertz CT molecular complexity index is 1170. The van der Waals surface area contributed by atoms with E-state index in [0.717, 1.165) is 43.1 Å². The van der Waals surface area contributed by atoms with Gasteiger partial charge in [-0.05, 0) is 55.4 Å². The number of aromatic hydroxyl groups is 1. The zero-order valence-corrected chi connectivity index (χ0v) is 20.0. The van der Waals surface area contributed by atoms with E-state index < -0.39 is 0 Å². The van der Waals surface area contributed by atoms with Crippen molar-refractivity contribution in [3.63, 3.8) is 0 Å². The first-order valence-electron chi connectivity index (χ1n) is 11.1. The highest BCUT2D eigenvalue weighted by atomic mass is 35.5. The minimum absolute atomic E-state index is 0.0207. The highest BCUT2D eigenvalue weighted by Gasteiger charge is 2.31. The number of aryl methyl sites for hydroxylation is 1. The van der Waals surface area contributed by atoms with Crippen LogP contribution in [-0.2, 0) is 6.54 Å². The summed E-state index contributed by atoms with van der Waals surface area (Å²) >= 11 is 6.32. The summed E-state index contributed by atoms with van der Waals surface area (Å²) in [6.07, 6.45) is 0. The smallest absolute Gasteiger partial charge is 0.259 e. The fourth-order valence-corrected chi connectivity index (χ4v) is 4.65.